The highest BCUT2D eigenvalue weighted by molar-refractivity contribution is 7.70. The van der Waals surface area contributed by atoms with Crippen LogP contribution >= 0.6 is 18.9 Å². The Kier molecular flexibility index (Phi) is 11.0. The van der Waals surface area contributed by atoms with Gasteiger partial charge in [0, 0.05) is 67.1 Å². The molecule has 0 unspecified atom stereocenters. The molecule has 2 aromatic carbocycles. The van der Waals surface area contributed by atoms with Gasteiger partial charge in [-0.2, -0.15) is 0 Å². The standard InChI is InChI=1S/C33H44ClN8O3P/c1-24(23-40-14-12-26(13-15-40)41-18-16-39(2)17-19-41)32(43)37-25-10-11-30(45-3)28(20-25)38-33-35-21-27(22-36-33)42(34)29-8-6-7-9-31(29)46(4,5)44/h6-11,20-22,26H,1,12-19,23H2,2-5H3,(H,37,43)(H,35,36,38). The van der Waals surface area contributed by atoms with Crippen molar-refractivity contribution in [1.29, 1.82) is 0 Å². The molecule has 0 aliphatic carbocycles. The number of aromatic nitrogens is 2. The molecule has 0 atom stereocenters. The van der Waals surface area contributed by atoms with Crippen LogP contribution in [0.25, 0.3) is 0 Å². The maximum atomic E-state index is 13.1. The Morgan fingerprint density at radius 3 is 2.39 bits per heavy atom. The summed E-state index contributed by atoms with van der Waals surface area (Å²) >= 11 is 6.64. The van der Waals surface area contributed by atoms with Gasteiger partial charge >= 0.3 is 0 Å². The molecule has 0 bridgehead atoms. The number of para-hydroxylation sites is 1. The highest BCUT2D eigenvalue weighted by atomic mass is 35.5. The molecule has 0 saturated carbocycles. The molecule has 11 nitrogen and oxygen atoms in total. The molecule has 3 heterocycles. The molecule has 2 aliphatic rings. The Bertz CT molecular complexity index is 1570. The molecule has 3 aromatic rings. The fourth-order valence-electron chi connectivity index (χ4n) is 5.91. The molecule has 46 heavy (non-hydrogen) atoms. The fraction of sp³-hybridized carbons (Fsp3) is 0.424. The van der Waals surface area contributed by atoms with Gasteiger partial charge in [0.05, 0.1) is 36.6 Å². The van der Waals surface area contributed by atoms with Gasteiger partial charge in [0.1, 0.15) is 12.9 Å². The number of hydrogen-bond donors (Lipinski definition) is 2. The van der Waals surface area contributed by atoms with Crippen LogP contribution in [0.1, 0.15) is 12.8 Å². The normalized spacial score (nSPS) is 17.0. The average molecular weight is 667 g/mol. The first-order chi connectivity index (χ1) is 22.0. The summed E-state index contributed by atoms with van der Waals surface area (Å²) in [4.78, 5) is 29.3. The monoisotopic (exact) mass is 666 g/mol. The van der Waals surface area contributed by atoms with Crippen LogP contribution in [0.5, 0.6) is 5.75 Å². The third-order valence-corrected chi connectivity index (χ3v) is 10.5. The van der Waals surface area contributed by atoms with Crippen LogP contribution in [-0.2, 0) is 9.36 Å². The smallest absolute Gasteiger partial charge is 0.252 e. The van der Waals surface area contributed by atoms with Crippen LogP contribution in [0, 0.1) is 0 Å². The van der Waals surface area contributed by atoms with Crippen LogP contribution in [0.3, 0.4) is 0 Å². The predicted octanol–water partition coefficient (Wildman–Crippen LogP) is 4.98. The summed E-state index contributed by atoms with van der Waals surface area (Å²) in [6.45, 7) is 14.5. The van der Waals surface area contributed by atoms with E-state index < -0.39 is 7.14 Å². The third-order valence-electron chi connectivity index (χ3n) is 8.59. The van der Waals surface area contributed by atoms with Gasteiger partial charge in [-0.05, 0) is 76.6 Å². The number of carbonyl (C=O) groups is 1. The van der Waals surface area contributed by atoms with E-state index in [9.17, 15) is 9.36 Å². The predicted molar refractivity (Wildman–Crippen MR) is 188 cm³/mol. The topological polar surface area (TPSA) is 106 Å². The van der Waals surface area contributed by atoms with Crippen molar-refractivity contribution in [3.63, 3.8) is 0 Å². The van der Waals surface area contributed by atoms with Crippen molar-refractivity contribution in [2.45, 2.75) is 18.9 Å². The van der Waals surface area contributed by atoms with E-state index in [0.29, 0.717) is 57.9 Å². The zero-order valence-electron chi connectivity index (χ0n) is 27.1. The number of rotatable bonds is 11. The fourth-order valence-corrected chi connectivity index (χ4v) is 7.37. The van der Waals surface area contributed by atoms with E-state index in [0.717, 1.165) is 52.1 Å². The number of hydrogen-bond acceptors (Lipinski definition) is 10. The molecule has 5 rings (SSSR count). The lowest BCUT2D eigenvalue weighted by Crippen LogP contribution is -2.52. The number of likely N-dealkylation sites (N-methyl/N-ethyl adjacent to an activating group) is 1. The van der Waals surface area contributed by atoms with E-state index in [1.807, 2.05) is 24.3 Å². The minimum Gasteiger partial charge on any atom is -0.495 e. The Morgan fingerprint density at radius 1 is 1.07 bits per heavy atom. The van der Waals surface area contributed by atoms with Crippen LogP contribution < -0.4 is 25.1 Å². The van der Waals surface area contributed by atoms with E-state index in [-0.39, 0.29) is 5.91 Å². The van der Waals surface area contributed by atoms with Gasteiger partial charge in [-0.3, -0.25) is 14.6 Å². The quantitative estimate of drug-likeness (QED) is 0.166. The molecule has 0 radical (unpaired) electrons. The molecule has 2 aliphatic heterocycles. The van der Waals surface area contributed by atoms with Crippen LogP contribution in [0.4, 0.5) is 28.7 Å². The molecular weight excluding hydrogens is 623 g/mol. The molecule has 13 heteroatoms. The number of nitrogens with one attached hydrogen (secondary N) is 2. The maximum absolute atomic E-state index is 13.1. The Hall–Kier alpha value is -3.47. The van der Waals surface area contributed by atoms with Gasteiger partial charge in [-0.25, -0.2) is 14.4 Å². The molecule has 0 spiro atoms. The second-order valence-corrected chi connectivity index (χ2v) is 15.9. The zero-order chi connectivity index (χ0) is 32.8. The first kappa shape index (κ1) is 33.9. The minimum atomic E-state index is -2.57. The summed E-state index contributed by atoms with van der Waals surface area (Å²) in [5.74, 6) is 0.649. The maximum Gasteiger partial charge on any atom is 0.252 e. The molecule has 246 valence electrons. The number of nitrogens with zero attached hydrogens (tertiary/aromatic N) is 6. The first-order valence-electron chi connectivity index (χ1n) is 15.5. The lowest BCUT2D eigenvalue weighted by molar-refractivity contribution is -0.113. The van der Waals surface area contributed by atoms with Gasteiger partial charge in [0.15, 0.2) is 0 Å². The Morgan fingerprint density at radius 2 is 1.74 bits per heavy atom. The second-order valence-electron chi connectivity index (χ2n) is 12.3. The molecule has 2 N–H and O–H groups in total. The number of carbonyl (C=O) groups excluding carboxylic acids is 1. The molecule has 2 fully saturated rings. The van der Waals surface area contributed by atoms with Gasteiger partial charge in [-0.15, -0.1) is 0 Å². The number of ether oxygens (including phenoxy) is 1. The summed E-state index contributed by atoms with van der Waals surface area (Å²) in [6, 6.07) is 13.2. The molecular formula is C33H44ClN8O3P. The SMILES string of the molecule is C=C(CN1CCC(N2CCN(C)CC2)CC1)C(=O)Nc1ccc(OC)c(Nc2ncc(N(Cl)c3ccccc3P(C)(C)=O)cn2)c1. The zero-order valence-corrected chi connectivity index (χ0v) is 28.7. The van der Waals surface area contributed by atoms with Crippen LogP contribution in [0.2, 0.25) is 0 Å². The van der Waals surface area contributed by atoms with E-state index in [1.165, 1.54) is 4.42 Å². The van der Waals surface area contributed by atoms with Crippen molar-refractivity contribution < 1.29 is 14.1 Å². The minimum absolute atomic E-state index is 0.218. The summed E-state index contributed by atoms with van der Waals surface area (Å²) in [5.41, 5.74) is 2.83. The lowest BCUT2D eigenvalue weighted by atomic mass is 10.0. The van der Waals surface area contributed by atoms with Crippen molar-refractivity contribution in [2.75, 3.05) is 88.4 Å². The van der Waals surface area contributed by atoms with Crippen molar-refractivity contribution >= 4 is 58.8 Å². The largest absolute Gasteiger partial charge is 0.495 e. The summed E-state index contributed by atoms with van der Waals surface area (Å²) in [5, 5.41) is 6.81. The first-order valence-corrected chi connectivity index (χ1v) is 18.5. The highest BCUT2D eigenvalue weighted by Crippen LogP contribution is 2.40. The van der Waals surface area contributed by atoms with E-state index in [2.05, 4.69) is 48.9 Å². The Labute approximate surface area is 277 Å². The van der Waals surface area contributed by atoms with Crippen molar-refractivity contribution in [2.24, 2.45) is 0 Å². The van der Waals surface area contributed by atoms with Crippen LogP contribution in [-0.4, -0.2) is 110 Å². The second kappa shape index (κ2) is 15.0. The summed E-state index contributed by atoms with van der Waals surface area (Å²) in [6.07, 6.45) is 5.38. The highest BCUT2D eigenvalue weighted by Gasteiger charge is 2.27. The van der Waals surface area contributed by atoms with Gasteiger partial charge < -0.3 is 24.8 Å². The van der Waals surface area contributed by atoms with Gasteiger partial charge in [-0.1, -0.05) is 18.7 Å². The number of halogens is 1. The number of likely N-dealkylation sites (tertiary alicyclic amines) is 1. The number of anilines is 5. The Balaban J connectivity index is 1.17. The van der Waals surface area contributed by atoms with Crippen molar-refractivity contribution in [3.8, 4) is 5.75 Å². The lowest BCUT2D eigenvalue weighted by Gasteiger charge is -2.42. The summed E-state index contributed by atoms with van der Waals surface area (Å²) < 4.78 is 19.7. The number of methoxy groups -OCH3 is 1. The number of piperidine rings is 1. The average Bonchev–Trinajstić information content (AvgIpc) is 3.05. The van der Waals surface area contributed by atoms with E-state index in [1.54, 1.807) is 51.0 Å². The molecule has 1 aromatic heterocycles. The van der Waals surface area contributed by atoms with E-state index >= 15 is 0 Å². The molecule has 2 saturated heterocycles. The van der Waals surface area contributed by atoms with Gasteiger partial charge in [0.2, 0.25) is 5.95 Å². The van der Waals surface area contributed by atoms with Crippen molar-refractivity contribution in [1.82, 2.24) is 24.7 Å². The van der Waals surface area contributed by atoms with Crippen LogP contribution in [0.15, 0.2) is 67.0 Å². The van der Waals surface area contributed by atoms with Crippen molar-refractivity contribution in [3.05, 3.63) is 67.0 Å². The number of benzene rings is 2. The van der Waals surface area contributed by atoms with Gasteiger partial charge in [0.25, 0.3) is 5.91 Å². The number of piperazine rings is 1. The van der Waals surface area contributed by atoms with E-state index in [4.69, 9.17) is 16.5 Å². The molecule has 1 amide bonds. The summed E-state index contributed by atoms with van der Waals surface area (Å²) in [7, 11) is 1.19. The number of amides is 1. The third kappa shape index (κ3) is 8.46.